The predicted molar refractivity (Wildman–Crippen MR) is 63.0 cm³/mol. The maximum atomic E-state index is 11.7. The number of hydrogen-bond donors (Lipinski definition) is 1. The molecule has 0 bridgehead atoms. The van der Waals surface area contributed by atoms with E-state index in [9.17, 15) is 13.2 Å². The molecular formula is C10H21NO4S. The van der Waals surface area contributed by atoms with Crippen LogP contribution < -0.4 is 5.32 Å². The van der Waals surface area contributed by atoms with Gasteiger partial charge in [0.05, 0.1) is 24.0 Å². The first-order valence-electron chi connectivity index (χ1n) is 5.20. The molecule has 0 saturated carbocycles. The standard InChI is InChI=1S/C10H21NO4S/c1-10(2,3)16(13,14)8-7-11-6-5-9(12)15-4/h11H,5-8H2,1-4H3. The fourth-order valence-electron chi connectivity index (χ4n) is 0.930. The monoisotopic (exact) mass is 251 g/mol. The second-order valence-corrected chi connectivity index (χ2v) is 7.37. The summed E-state index contributed by atoms with van der Waals surface area (Å²) in [6, 6.07) is 0. The van der Waals surface area contributed by atoms with E-state index in [-0.39, 0.29) is 18.1 Å². The van der Waals surface area contributed by atoms with Crippen molar-refractivity contribution in [2.45, 2.75) is 31.9 Å². The molecule has 1 N–H and O–H groups in total. The molecule has 0 aliphatic rings. The molecule has 0 aliphatic carbocycles. The number of esters is 1. The van der Waals surface area contributed by atoms with Crippen LogP contribution in [-0.2, 0) is 19.4 Å². The minimum Gasteiger partial charge on any atom is -0.469 e. The number of hydrogen-bond acceptors (Lipinski definition) is 5. The van der Waals surface area contributed by atoms with Crippen molar-refractivity contribution in [1.29, 1.82) is 0 Å². The normalized spacial score (nSPS) is 12.5. The second kappa shape index (κ2) is 6.20. The molecule has 0 spiro atoms. The van der Waals surface area contributed by atoms with Gasteiger partial charge >= 0.3 is 5.97 Å². The van der Waals surface area contributed by atoms with Crippen LogP contribution in [0.25, 0.3) is 0 Å². The van der Waals surface area contributed by atoms with Gasteiger partial charge in [-0.05, 0) is 20.8 Å². The number of carbonyl (C=O) groups is 1. The predicted octanol–water partition coefficient (Wildman–Crippen LogP) is 0.352. The topological polar surface area (TPSA) is 72.5 Å². The highest BCUT2D eigenvalue weighted by atomic mass is 32.2. The Morgan fingerprint density at radius 3 is 2.25 bits per heavy atom. The van der Waals surface area contributed by atoms with Crippen LogP contribution in [-0.4, -0.2) is 45.1 Å². The lowest BCUT2D eigenvalue weighted by molar-refractivity contribution is -0.140. The Morgan fingerprint density at radius 2 is 1.81 bits per heavy atom. The number of sulfone groups is 1. The van der Waals surface area contributed by atoms with E-state index in [1.807, 2.05) is 0 Å². The second-order valence-electron chi connectivity index (χ2n) is 4.51. The van der Waals surface area contributed by atoms with Crippen molar-refractivity contribution < 1.29 is 17.9 Å². The first-order chi connectivity index (χ1) is 7.20. The van der Waals surface area contributed by atoms with Crippen molar-refractivity contribution in [1.82, 2.24) is 5.32 Å². The zero-order valence-electron chi connectivity index (χ0n) is 10.4. The summed E-state index contributed by atoms with van der Waals surface area (Å²) in [7, 11) is -1.76. The summed E-state index contributed by atoms with van der Waals surface area (Å²) in [4.78, 5) is 10.8. The molecule has 0 aromatic carbocycles. The van der Waals surface area contributed by atoms with Gasteiger partial charge in [0.1, 0.15) is 0 Å². The fourth-order valence-corrected chi connectivity index (χ4v) is 1.96. The van der Waals surface area contributed by atoms with Crippen LogP contribution in [0.15, 0.2) is 0 Å². The van der Waals surface area contributed by atoms with Crippen molar-refractivity contribution in [3.05, 3.63) is 0 Å². The molecule has 0 aromatic heterocycles. The summed E-state index contributed by atoms with van der Waals surface area (Å²) < 4.78 is 27.1. The minimum atomic E-state index is -3.08. The Hall–Kier alpha value is -0.620. The van der Waals surface area contributed by atoms with Gasteiger partial charge in [-0.15, -0.1) is 0 Å². The van der Waals surface area contributed by atoms with Gasteiger partial charge in [-0.3, -0.25) is 4.79 Å². The molecule has 0 rings (SSSR count). The van der Waals surface area contributed by atoms with E-state index in [1.165, 1.54) is 7.11 Å². The lowest BCUT2D eigenvalue weighted by atomic mass is 10.3. The number of methoxy groups -OCH3 is 1. The highest BCUT2D eigenvalue weighted by Crippen LogP contribution is 2.14. The zero-order chi connectivity index (χ0) is 12.8. The van der Waals surface area contributed by atoms with E-state index < -0.39 is 14.6 Å². The third-order valence-electron chi connectivity index (χ3n) is 2.21. The summed E-state index contributed by atoms with van der Waals surface area (Å²) in [6.45, 7) is 5.83. The van der Waals surface area contributed by atoms with Crippen LogP contribution in [0.4, 0.5) is 0 Å². The van der Waals surface area contributed by atoms with Gasteiger partial charge < -0.3 is 10.1 Å². The average molecular weight is 251 g/mol. The first-order valence-corrected chi connectivity index (χ1v) is 6.86. The molecule has 96 valence electrons. The van der Waals surface area contributed by atoms with Gasteiger partial charge in [0.25, 0.3) is 0 Å². The van der Waals surface area contributed by atoms with E-state index in [1.54, 1.807) is 20.8 Å². The lowest BCUT2D eigenvalue weighted by Gasteiger charge is -2.19. The van der Waals surface area contributed by atoms with Crippen molar-refractivity contribution in [2.75, 3.05) is 26.0 Å². The van der Waals surface area contributed by atoms with E-state index in [2.05, 4.69) is 10.1 Å². The number of nitrogens with one attached hydrogen (secondary N) is 1. The molecule has 16 heavy (non-hydrogen) atoms. The fraction of sp³-hybridized carbons (Fsp3) is 0.900. The van der Waals surface area contributed by atoms with E-state index in [0.29, 0.717) is 13.1 Å². The zero-order valence-corrected chi connectivity index (χ0v) is 11.2. The van der Waals surface area contributed by atoms with Crippen molar-refractivity contribution in [3.8, 4) is 0 Å². The summed E-state index contributed by atoms with van der Waals surface area (Å²) >= 11 is 0. The number of rotatable bonds is 6. The largest absolute Gasteiger partial charge is 0.469 e. The third kappa shape index (κ3) is 5.46. The van der Waals surface area contributed by atoms with Crippen LogP contribution in [0.1, 0.15) is 27.2 Å². The maximum absolute atomic E-state index is 11.7. The molecule has 0 heterocycles. The van der Waals surface area contributed by atoms with Gasteiger partial charge in [0.15, 0.2) is 9.84 Å². The summed E-state index contributed by atoms with van der Waals surface area (Å²) in [5, 5.41) is 2.90. The Kier molecular flexibility index (Phi) is 5.96. The lowest BCUT2D eigenvalue weighted by Crippen LogP contribution is -2.35. The van der Waals surface area contributed by atoms with Crippen LogP contribution in [0.5, 0.6) is 0 Å². The summed E-state index contributed by atoms with van der Waals surface area (Å²) in [6.07, 6.45) is 0.256. The van der Waals surface area contributed by atoms with Gasteiger partial charge in [-0.25, -0.2) is 8.42 Å². The molecule has 0 saturated heterocycles. The van der Waals surface area contributed by atoms with E-state index in [4.69, 9.17) is 0 Å². The molecule has 0 amide bonds. The number of ether oxygens (including phenoxy) is 1. The molecule has 0 atom stereocenters. The van der Waals surface area contributed by atoms with Crippen molar-refractivity contribution in [2.24, 2.45) is 0 Å². The van der Waals surface area contributed by atoms with Crippen LogP contribution >= 0.6 is 0 Å². The van der Waals surface area contributed by atoms with Crippen LogP contribution in [0.2, 0.25) is 0 Å². The summed E-state index contributed by atoms with van der Waals surface area (Å²) in [5.41, 5.74) is 0. The Balaban J connectivity index is 3.80. The molecule has 0 radical (unpaired) electrons. The smallest absolute Gasteiger partial charge is 0.306 e. The van der Waals surface area contributed by atoms with Gasteiger partial charge in [-0.2, -0.15) is 0 Å². The molecule has 0 fully saturated rings. The summed E-state index contributed by atoms with van der Waals surface area (Å²) in [5.74, 6) is -0.219. The molecule has 6 heteroatoms. The van der Waals surface area contributed by atoms with Gasteiger partial charge in [0, 0.05) is 13.1 Å². The Morgan fingerprint density at radius 1 is 1.25 bits per heavy atom. The molecule has 0 unspecified atom stereocenters. The van der Waals surface area contributed by atoms with Crippen molar-refractivity contribution >= 4 is 15.8 Å². The highest BCUT2D eigenvalue weighted by molar-refractivity contribution is 7.92. The third-order valence-corrected chi connectivity index (χ3v) is 4.82. The molecule has 5 nitrogen and oxygen atoms in total. The van der Waals surface area contributed by atoms with Gasteiger partial charge in [0.2, 0.25) is 0 Å². The van der Waals surface area contributed by atoms with Gasteiger partial charge in [-0.1, -0.05) is 0 Å². The first kappa shape index (κ1) is 15.4. The Labute approximate surface area is 97.5 Å². The van der Waals surface area contributed by atoms with Crippen LogP contribution in [0, 0.1) is 0 Å². The average Bonchev–Trinajstić information content (AvgIpc) is 2.15. The molecule has 0 aliphatic heterocycles. The number of carbonyl (C=O) groups excluding carboxylic acids is 1. The molecular weight excluding hydrogens is 230 g/mol. The minimum absolute atomic E-state index is 0.0810. The molecule has 0 aromatic rings. The van der Waals surface area contributed by atoms with Crippen LogP contribution in [0.3, 0.4) is 0 Å². The Bertz CT molecular complexity index is 316. The quantitative estimate of drug-likeness (QED) is 0.545. The van der Waals surface area contributed by atoms with E-state index in [0.717, 1.165) is 0 Å². The van der Waals surface area contributed by atoms with E-state index >= 15 is 0 Å². The maximum Gasteiger partial charge on any atom is 0.306 e. The highest BCUT2D eigenvalue weighted by Gasteiger charge is 2.27. The SMILES string of the molecule is COC(=O)CCNCCS(=O)(=O)C(C)(C)C. The van der Waals surface area contributed by atoms with Crippen molar-refractivity contribution in [3.63, 3.8) is 0 Å².